The molecule has 118 valence electrons. The van der Waals surface area contributed by atoms with Gasteiger partial charge in [0.1, 0.15) is 0 Å². The molecule has 0 aliphatic heterocycles. The molecular formula is C16H27N3O2. The second-order valence-corrected chi connectivity index (χ2v) is 5.46. The summed E-state index contributed by atoms with van der Waals surface area (Å²) < 4.78 is 0. The van der Waals surface area contributed by atoms with Crippen molar-refractivity contribution in [3.63, 3.8) is 0 Å². The van der Waals surface area contributed by atoms with Gasteiger partial charge in [0.25, 0.3) is 0 Å². The topological polar surface area (TPSA) is 64.6 Å². The van der Waals surface area contributed by atoms with Crippen molar-refractivity contribution in [1.82, 2.24) is 10.6 Å². The largest absolute Gasteiger partial charge is 0.396 e. The molecule has 0 saturated carbocycles. The second-order valence-electron chi connectivity index (χ2n) is 5.46. The standard InChI is InChI=1S/C16H27N3O2/c1-13(12-20)14(2)18-16(21)17-10-7-11-19(3)15-8-5-4-6-9-15/h4-6,8-9,13-14,20H,7,10-12H2,1-3H3,(H2,17,18,21). The second kappa shape index (κ2) is 9.23. The van der Waals surface area contributed by atoms with Gasteiger partial charge in [0.2, 0.25) is 0 Å². The fourth-order valence-corrected chi connectivity index (χ4v) is 1.89. The molecule has 0 spiro atoms. The Bertz CT molecular complexity index is 411. The van der Waals surface area contributed by atoms with Gasteiger partial charge in [-0.2, -0.15) is 0 Å². The number of carbonyl (C=O) groups is 1. The summed E-state index contributed by atoms with van der Waals surface area (Å²) in [6.45, 7) is 5.38. The molecule has 2 atom stereocenters. The molecule has 21 heavy (non-hydrogen) atoms. The van der Waals surface area contributed by atoms with Gasteiger partial charge in [-0.3, -0.25) is 0 Å². The molecule has 1 rings (SSSR count). The van der Waals surface area contributed by atoms with Crippen molar-refractivity contribution in [2.75, 3.05) is 31.6 Å². The third-order valence-corrected chi connectivity index (χ3v) is 3.65. The highest BCUT2D eigenvalue weighted by Crippen LogP contribution is 2.10. The Hall–Kier alpha value is -1.75. The summed E-state index contributed by atoms with van der Waals surface area (Å²) in [4.78, 5) is 13.8. The molecule has 0 heterocycles. The molecule has 0 aliphatic rings. The van der Waals surface area contributed by atoms with E-state index in [1.165, 1.54) is 5.69 Å². The first kappa shape index (κ1) is 17.3. The van der Waals surface area contributed by atoms with Gasteiger partial charge in [-0.15, -0.1) is 0 Å². The minimum atomic E-state index is -0.176. The zero-order chi connectivity index (χ0) is 15.7. The van der Waals surface area contributed by atoms with Crippen molar-refractivity contribution in [3.8, 4) is 0 Å². The number of urea groups is 1. The summed E-state index contributed by atoms with van der Waals surface area (Å²) in [7, 11) is 2.04. The molecule has 0 aliphatic carbocycles. The summed E-state index contributed by atoms with van der Waals surface area (Å²) in [5.41, 5.74) is 1.17. The number of hydrogen-bond acceptors (Lipinski definition) is 3. The molecule has 0 radical (unpaired) electrons. The highest BCUT2D eigenvalue weighted by Gasteiger charge is 2.13. The number of amides is 2. The number of aliphatic hydroxyl groups is 1. The minimum absolute atomic E-state index is 0.0398. The molecule has 5 nitrogen and oxygen atoms in total. The summed E-state index contributed by atoms with van der Waals surface area (Å²) >= 11 is 0. The molecule has 3 N–H and O–H groups in total. The van der Waals surface area contributed by atoms with Crippen LogP contribution in [0, 0.1) is 5.92 Å². The number of para-hydroxylation sites is 1. The van der Waals surface area contributed by atoms with Crippen LogP contribution in [0.15, 0.2) is 30.3 Å². The van der Waals surface area contributed by atoms with Crippen molar-refractivity contribution < 1.29 is 9.90 Å². The molecule has 1 aromatic rings. The number of benzene rings is 1. The summed E-state index contributed by atoms with van der Waals surface area (Å²) in [6.07, 6.45) is 0.878. The molecule has 0 fully saturated rings. The van der Waals surface area contributed by atoms with Crippen molar-refractivity contribution in [2.24, 2.45) is 5.92 Å². The van der Waals surface area contributed by atoms with Crippen LogP contribution in [-0.2, 0) is 0 Å². The van der Waals surface area contributed by atoms with Gasteiger partial charge in [-0.05, 0) is 31.4 Å². The first-order valence-corrected chi connectivity index (χ1v) is 7.46. The fraction of sp³-hybridized carbons (Fsp3) is 0.562. The Morgan fingerprint density at radius 3 is 2.57 bits per heavy atom. The highest BCUT2D eigenvalue weighted by molar-refractivity contribution is 5.74. The van der Waals surface area contributed by atoms with Gasteiger partial charge < -0.3 is 20.6 Å². The van der Waals surface area contributed by atoms with E-state index >= 15 is 0 Å². The monoisotopic (exact) mass is 293 g/mol. The molecule has 2 unspecified atom stereocenters. The zero-order valence-electron chi connectivity index (χ0n) is 13.2. The van der Waals surface area contributed by atoms with Crippen molar-refractivity contribution in [3.05, 3.63) is 30.3 Å². The van der Waals surface area contributed by atoms with Crippen LogP contribution in [0.4, 0.5) is 10.5 Å². The predicted molar refractivity (Wildman–Crippen MR) is 86.6 cm³/mol. The van der Waals surface area contributed by atoms with Crippen LogP contribution in [0.1, 0.15) is 20.3 Å². The number of nitrogens with one attached hydrogen (secondary N) is 2. The molecular weight excluding hydrogens is 266 g/mol. The Labute approximate surface area is 127 Å². The lowest BCUT2D eigenvalue weighted by molar-refractivity contribution is 0.200. The number of anilines is 1. The molecule has 2 amide bonds. The molecule has 0 bridgehead atoms. The van der Waals surface area contributed by atoms with Crippen LogP contribution in [0.25, 0.3) is 0 Å². The smallest absolute Gasteiger partial charge is 0.315 e. The summed E-state index contributed by atoms with van der Waals surface area (Å²) in [5.74, 6) is 0.0555. The van der Waals surface area contributed by atoms with Gasteiger partial charge in [0, 0.05) is 38.5 Å². The van der Waals surface area contributed by atoms with Crippen LogP contribution < -0.4 is 15.5 Å². The quantitative estimate of drug-likeness (QED) is 0.641. The number of aliphatic hydroxyl groups excluding tert-OH is 1. The molecule has 0 aromatic heterocycles. The van der Waals surface area contributed by atoms with E-state index in [4.69, 9.17) is 5.11 Å². The van der Waals surface area contributed by atoms with Gasteiger partial charge in [0.15, 0.2) is 0 Å². The van der Waals surface area contributed by atoms with Crippen LogP contribution in [0.2, 0.25) is 0 Å². The number of nitrogens with zero attached hydrogens (tertiary/aromatic N) is 1. The third kappa shape index (κ3) is 6.49. The van der Waals surface area contributed by atoms with E-state index in [-0.39, 0.29) is 24.6 Å². The van der Waals surface area contributed by atoms with Crippen LogP contribution in [0.5, 0.6) is 0 Å². The Morgan fingerprint density at radius 1 is 1.29 bits per heavy atom. The first-order valence-electron chi connectivity index (χ1n) is 7.46. The van der Waals surface area contributed by atoms with E-state index in [0.29, 0.717) is 6.54 Å². The SMILES string of the molecule is CC(CO)C(C)NC(=O)NCCCN(C)c1ccccc1. The maximum atomic E-state index is 11.7. The Kier molecular flexibility index (Phi) is 7.61. The van der Waals surface area contributed by atoms with E-state index in [1.54, 1.807) is 0 Å². The maximum absolute atomic E-state index is 11.7. The van der Waals surface area contributed by atoms with E-state index in [2.05, 4.69) is 27.7 Å². The van der Waals surface area contributed by atoms with E-state index < -0.39 is 0 Å². The Balaban J connectivity index is 2.18. The summed E-state index contributed by atoms with van der Waals surface area (Å²) in [5, 5.41) is 14.7. The molecule has 0 saturated heterocycles. The van der Waals surface area contributed by atoms with Crippen molar-refractivity contribution >= 4 is 11.7 Å². The van der Waals surface area contributed by atoms with E-state index in [0.717, 1.165) is 13.0 Å². The lowest BCUT2D eigenvalue weighted by Crippen LogP contribution is -2.44. The van der Waals surface area contributed by atoms with Gasteiger partial charge in [-0.25, -0.2) is 4.79 Å². The number of rotatable bonds is 8. The average molecular weight is 293 g/mol. The molecule has 5 heteroatoms. The van der Waals surface area contributed by atoms with E-state index in [9.17, 15) is 4.79 Å². The van der Waals surface area contributed by atoms with Crippen LogP contribution in [0.3, 0.4) is 0 Å². The summed E-state index contributed by atoms with van der Waals surface area (Å²) in [6, 6.07) is 9.95. The van der Waals surface area contributed by atoms with Crippen LogP contribution >= 0.6 is 0 Å². The maximum Gasteiger partial charge on any atom is 0.315 e. The number of carbonyl (C=O) groups excluding carboxylic acids is 1. The fourth-order valence-electron chi connectivity index (χ4n) is 1.89. The van der Waals surface area contributed by atoms with Gasteiger partial charge >= 0.3 is 6.03 Å². The predicted octanol–water partition coefficient (Wildman–Crippen LogP) is 1.83. The zero-order valence-corrected chi connectivity index (χ0v) is 13.2. The average Bonchev–Trinajstić information content (AvgIpc) is 2.51. The number of hydrogen-bond donors (Lipinski definition) is 3. The molecule has 1 aromatic carbocycles. The van der Waals surface area contributed by atoms with Gasteiger partial charge in [-0.1, -0.05) is 25.1 Å². The minimum Gasteiger partial charge on any atom is -0.396 e. The lowest BCUT2D eigenvalue weighted by atomic mass is 10.1. The van der Waals surface area contributed by atoms with Gasteiger partial charge in [0.05, 0.1) is 0 Å². The lowest BCUT2D eigenvalue weighted by Gasteiger charge is -2.21. The van der Waals surface area contributed by atoms with Crippen molar-refractivity contribution in [2.45, 2.75) is 26.3 Å². The normalized spacial score (nSPS) is 13.3. The van der Waals surface area contributed by atoms with Crippen molar-refractivity contribution in [1.29, 1.82) is 0 Å². The van der Waals surface area contributed by atoms with Crippen LogP contribution in [-0.4, -0.2) is 43.9 Å². The third-order valence-electron chi connectivity index (χ3n) is 3.65. The highest BCUT2D eigenvalue weighted by atomic mass is 16.3. The Morgan fingerprint density at radius 2 is 1.95 bits per heavy atom. The first-order chi connectivity index (χ1) is 10.0. The van der Waals surface area contributed by atoms with E-state index in [1.807, 2.05) is 39.1 Å².